The summed E-state index contributed by atoms with van der Waals surface area (Å²) in [5.74, 6) is -1.32. The van der Waals surface area contributed by atoms with Crippen molar-refractivity contribution >= 4 is 17.6 Å². The molecule has 20 heavy (non-hydrogen) atoms. The van der Waals surface area contributed by atoms with Crippen molar-refractivity contribution in [2.75, 3.05) is 12.3 Å². The Morgan fingerprint density at radius 1 is 1.45 bits per heavy atom. The number of anilines is 1. The molecular weight excluding hydrogens is 260 g/mol. The molecule has 0 aliphatic carbocycles. The fraction of sp³-hybridized carbons (Fsp3) is 0.429. The van der Waals surface area contributed by atoms with Crippen LogP contribution in [0.1, 0.15) is 37.0 Å². The third kappa shape index (κ3) is 4.79. The molecular formula is C14H20N2O4. The number of carbonyl (C=O) groups excluding carboxylic acids is 1. The van der Waals surface area contributed by atoms with Gasteiger partial charge in [-0.25, -0.2) is 4.79 Å². The zero-order valence-corrected chi connectivity index (χ0v) is 11.7. The molecule has 0 saturated heterocycles. The molecule has 1 rings (SSSR count). The van der Waals surface area contributed by atoms with Gasteiger partial charge >= 0.3 is 5.97 Å². The molecule has 0 radical (unpaired) electrons. The van der Waals surface area contributed by atoms with E-state index < -0.39 is 5.97 Å². The van der Waals surface area contributed by atoms with Crippen molar-refractivity contribution in [1.29, 1.82) is 0 Å². The van der Waals surface area contributed by atoms with Gasteiger partial charge in [-0.15, -0.1) is 0 Å². The quantitative estimate of drug-likeness (QED) is 0.659. The second-order valence-corrected chi connectivity index (χ2v) is 4.61. The number of amides is 1. The van der Waals surface area contributed by atoms with Crippen LogP contribution in [0, 0.1) is 0 Å². The maximum atomic E-state index is 11.7. The Kier molecular flexibility index (Phi) is 5.83. The minimum atomic E-state index is -1.13. The molecule has 1 amide bonds. The molecule has 0 heterocycles. The predicted octanol–water partition coefficient (Wildman–Crippen LogP) is 1.65. The Morgan fingerprint density at radius 3 is 2.75 bits per heavy atom. The highest BCUT2D eigenvalue weighted by Crippen LogP contribution is 2.21. The van der Waals surface area contributed by atoms with Crippen molar-refractivity contribution in [3.8, 4) is 5.75 Å². The van der Waals surface area contributed by atoms with Crippen LogP contribution in [-0.2, 0) is 4.79 Å². The van der Waals surface area contributed by atoms with Crippen LogP contribution < -0.4 is 15.8 Å². The predicted molar refractivity (Wildman–Crippen MR) is 75.8 cm³/mol. The van der Waals surface area contributed by atoms with Gasteiger partial charge in [0.15, 0.2) is 6.61 Å². The Bertz CT molecular complexity index is 488. The molecule has 0 aliphatic rings. The van der Waals surface area contributed by atoms with Crippen LogP contribution in [-0.4, -0.2) is 29.6 Å². The number of benzene rings is 1. The van der Waals surface area contributed by atoms with Gasteiger partial charge in [-0.2, -0.15) is 0 Å². The van der Waals surface area contributed by atoms with Crippen LogP contribution in [0.3, 0.4) is 0 Å². The molecule has 0 spiro atoms. The number of carboxylic acids is 1. The van der Waals surface area contributed by atoms with E-state index in [2.05, 4.69) is 5.32 Å². The van der Waals surface area contributed by atoms with Crippen molar-refractivity contribution in [3.05, 3.63) is 23.8 Å². The Morgan fingerprint density at radius 2 is 2.15 bits per heavy atom. The van der Waals surface area contributed by atoms with Crippen molar-refractivity contribution in [2.45, 2.75) is 32.7 Å². The summed E-state index contributed by atoms with van der Waals surface area (Å²) in [6, 6.07) is 4.28. The van der Waals surface area contributed by atoms with E-state index in [4.69, 9.17) is 15.6 Å². The van der Waals surface area contributed by atoms with Crippen LogP contribution in [0.25, 0.3) is 0 Å². The van der Waals surface area contributed by atoms with Gasteiger partial charge < -0.3 is 20.9 Å². The Hall–Kier alpha value is -2.24. The van der Waals surface area contributed by atoms with Crippen LogP contribution in [0.5, 0.6) is 5.75 Å². The number of nitrogens with two attached hydrogens (primary N) is 1. The minimum absolute atomic E-state index is 0.0198. The summed E-state index contributed by atoms with van der Waals surface area (Å²) in [4.78, 5) is 22.7. The fourth-order valence-electron chi connectivity index (χ4n) is 1.80. The van der Waals surface area contributed by atoms with E-state index in [1.165, 1.54) is 18.2 Å². The lowest BCUT2D eigenvalue weighted by atomic mass is 10.2. The van der Waals surface area contributed by atoms with Gasteiger partial charge in [-0.3, -0.25) is 4.79 Å². The molecule has 6 heteroatoms. The van der Waals surface area contributed by atoms with Crippen LogP contribution in [0.2, 0.25) is 0 Å². The zero-order chi connectivity index (χ0) is 15.1. The standard InChI is InChI=1S/C14H20N2O4/c1-3-4-9(2)16-13(17)8-20-12-7-10(15)5-6-11(12)14(18)19/h5-7,9H,3-4,8,15H2,1-2H3,(H,16,17)(H,18,19). The molecule has 0 fully saturated rings. The molecule has 0 aliphatic heterocycles. The first-order chi connectivity index (χ1) is 9.43. The highest BCUT2D eigenvalue weighted by atomic mass is 16.5. The number of carbonyl (C=O) groups is 2. The fourth-order valence-corrected chi connectivity index (χ4v) is 1.80. The Labute approximate surface area is 117 Å². The molecule has 1 unspecified atom stereocenters. The maximum absolute atomic E-state index is 11.7. The van der Waals surface area contributed by atoms with Crippen molar-refractivity contribution in [3.63, 3.8) is 0 Å². The van der Waals surface area contributed by atoms with Crippen LogP contribution in [0.4, 0.5) is 5.69 Å². The van der Waals surface area contributed by atoms with Gasteiger partial charge in [-0.05, 0) is 25.5 Å². The monoisotopic (exact) mass is 280 g/mol. The number of rotatable bonds is 7. The van der Waals surface area contributed by atoms with E-state index in [0.29, 0.717) is 5.69 Å². The normalized spacial score (nSPS) is 11.7. The third-order valence-electron chi connectivity index (χ3n) is 2.72. The van der Waals surface area contributed by atoms with Gasteiger partial charge in [0.25, 0.3) is 5.91 Å². The van der Waals surface area contributed by atoms with Gasteiger partial charge in [-0.1, -0.05) is 13.3 Å². The van der Waals surface area contributed by atoms with Crippen molar-refractivity contribution in [2.24, 2.45) is 0 Å². The topological polar surface area (TPSA) is 102 Å². The summed E-state index contributed by atoms with van der Waals surface area (Å²) in [6.45, 7) is 3.70. The number of aromatic carboxylic acids is 1. The van der Waals surface area contributed by atoms with E-state index in [9.17, 15) is 9.59 Å². The smallest absolute Gasteiger partial charge is 0.339 e. The van der Waals surface area contributed by atoms with Crippen molar-refractivity contribution < 1.29 is 19.4 Å². The lowest BCUT2D eigenvalue weighted by Gasteiger charge is -2.14. The lowest BCUT2D eigenvalue weighted by Crippen LogP contribution is -2.36. The SMILES string of the molecule is CCCC(C)NC(=O)COc1cc(N)ccc1C(=O)O. The summed E-state index contributed by atoms with van der Waals surface area (Å²) in [7, 11) is 0. The molecule has 1 atom stereocenters. The average Bonchev–Trinajstić information content (AvgIpc) is 2.36. The molecule has 0 saturated carbocycles. The number of carboxylic acid groups (broad SMARTS) is 1. The first-order valence-corrected chi connectivity index (χ1v) is 6.49. The summed E-state index contributed by atoms with van der Waals surface area (Å²) < 4.78 is 5.25. The van der Waals surface area contributed by atoms with E-state index in [1.54, 1.807) is 0 Å². The van der Waals surface area contributed by atoms with Gasteiger partial charge in [0.1, 0.15) is 11.3 Å². The number of hydrogen-bond donors (Lipinski definition) is 3. The van der Waals surface area contributed by atoms with Crippen LogP contribution >= 0.6 is 0 Å². The first-order valence-electron chi connectivity index (χ1n) is 6.49. The molecule has 0 aromatic heterocycles. The van der Waals surface area contributed by atoms with Crippen LogP contribution in [0.15, 0.2) is 18.2 Å². The van der Waals surface area contributed by atoms with E-state index in [-0.39, 0.29) is 29.9 Å². The molecule has 0 bridgehead atoms. The molecule has 6 nitrogen and oxygen atoms in total. The molecule has 110 valence electrons. The second-order valence-electron chi connectivity index (χ2n) is 4.61. The second kappa shape index (κ2) is 7.37. The largest absolute Gasteiger partial charge is 0.483 e. The van der Waals surface area contributed by atoms with E-state index in [1.807, 2.05) is 13.8 Å². The average molecular weight is 280 g/mol. The number of nitrogen functional groups attached to an aromatic ring is 1. The number of hydrogen-bond acceptors (Lipinski definition) is 4. The van der Waals surface area contributed by atoms with Gasteiger partial charge in [0.05, 0.1) is 0 Å². The minimum Gasteiger partial charge on any atom is -0.483 e. The summed E-state index contributed by atoms with van der Waals surface area (Å²) in [5.41, 5.74) is 5.94. The lowest BCUT2D eigenvalue weighted by molar-refractivity contribution is -0.123. The molecule has 1 aromatic carbocycles. The van der Waals surface area contributed by atoms with Gasteiger partial charge in [0, 0.05) is 17.8 Å². The van der Waals surface area contributed by atoms with E-state index >= 15 is 0 Å². The summed E-state index contributed by atoms with van der Waals surface area (Å²) >= 11 is 0. The highest BCUT2D eigenvalue weighted by Gasteiger charge is 2.13. The summed E-state index contributed by atoms with van der Waals surface area (Å²) in [5, 5.41) is 11.8. The van der Waals surface area contributed by atoms with E-state index in [0.717, 1.165) is 12.8 Å². The summed E-state index contributed by atoms with van der Waals surface area (Å²) in [6.07, 6.45) is 1.85. The van der Waals surface area contributed by atoms with Crippen molar-refractivity contribution in [1.82, 2.24) is 5.32 Å². The third-order valence-corrected chi connectivity index (χ3v) is 2.72. The first kappa shape index (κ1) is 15.8. The zero-order valence-electron chi connectivity index (χ0n) is 11.7. The number of nitrogens with one attached hydrogen (secondary N) is 1. The molecule has 4 N–H and O–H groups in total. The van der Waals surface area contributed by atoms with Gasteiger partial charge in [0.2, 0.25) is 0 Å². The number of ether oxygens (including phenoxy) is 1. The Balaban J connectivity index is 2.63. The maximum Gasteiger partial charge on any atom is 0.339 e. The molecule has 1 aromatic rings. The highest BCUT2D eigenvalue weighted by molar-refractivity contribution is 5.91.